The summed E-state index contributed by atoms with van der Waals surface area (Å²) in [5.74, 6) is -0.376. The lowest BCUT2D eigenvalue weighted by Gasteiger charge is -2.11. The second-order valence-corrected chi connectivity index (χ2v) is 10.4. The van der Waals surface area contributed by atoms with E-state index in [1.54, 1.807) is 39.5 Å². The molecule has 5 rings (SSSR count). The fraction of sp³-hybridized carbons (Fsp3) is 0.138. The Morgan fingerprint density at radius 2 is 1.86 bits per heavy atom. The normalized spacial score (nSPS) is 11.2. The van der Waals surface area contributed by atoms with E-state index in [2.05, 4.69) is 6.58 Å². The number of carbonyl (C=O) groups excluding carboxylic acids is 1. The maximum absolute atomic E-state index is 14.5. The number of carbonyl (C=O) groups is 1. The molecule has 0 aliphatic carbocycles. The zero-order chi connectivity index (χ0) is 26.1. The predicted molar refractivity (Wildman–Crippen MR) is 150 cm³/mol. The van der Waals surface area contributed by atoms with Gasteiger partial charge in [0.1, 0.15) is 10.6 Å². The molecule has 2 aromatic carbocycles. The van der Waals surface area contributed by atoms with E-state index in [9.17, 15) is 14.0 Å². The van der Waals surface area contributed by atoms with Crippen molar-refractivity contribution < 1.29 is 9.18 Å². The second kappa shape index (κ2) is 10.3. The van der Waals surface area contributed by atoms with Gasteiger partial charge in [-0.05, 0) is 37.6 Å². The van der Waals surface area contributed by atoms with E-state index in [0.29, 0.717) is 32.3 Å². The van der Waals surface area contributed by atoms with Crippen molar-refractivity contribution in [3.8, 4) is 16.8 Å². The predicted octanol–water partition coefficient (Wildman–Crippen LogP) is 6.83. The molecule has 0 fully saturated rings. The number of hydrogen-bond acceptors (Lipinski definition) is 5. The molecule has 0 bridgehead atoms. The molecule has 8 heteroatoms. The minimum Gasteiger partial charge on any atom is -0.315 e. The smallest absolute Gasteiger partial charge is 0.263 e. The molecule has 0 amide bonds. The molecule has 3 aromatic heterocycles. The van der Waals surface area contributed by atoms with Crippen LogP contribution in [0.1, 0.15) is 21.7 Å². The zero-order valence-electron chi connectivity index (χ0n) is 20.4. The molecule has 0 atom stereocenters. The highest BCUT2D eigenvalue weighted by molar-refractivity contribution is 7.99. The molecular weight excluding hydrogens is 505 g/mol. The third kappa shape index (κ3) is 4.58. The van der Waals surface area contributed by atoms with Gasteiger partial charge in [0.15, 0.2) is 10.9 Å². The van der Waals surface area contributed by atoms with Crippen LogP contribution in [0, 0.1) is 19.7 Å². The van der Waals surface area contributed by atoms with Gasteiger partial charge in [0.05, 0.1) is 16.8 Å². The molecule has 0 unspecified atom stereocenters. The molecule has 0 radical (unpaired) electrons. The Morgan fingerprint density at radius 3 is 2.59 bits per heavy atom. The average molecular weight is 530 g/mol. The van der Waals surface area contributed by atoms with Gasteiger partial charge < -0.3 is 4.57 Å². The third-order valence-corrected chi connectivity index (χ3v) is 8.06. The number of hydrogen-bond donors (Lipinski definition) is 0. The number of aromatic nitrogens is 3. The number of aryl methyl sites for hydroxylation is 1. The van der Waals surface area contributed by atoms with E-state index in [1.807, 2.05) is 49.6 Å². The average Bonchev–Trinajstić information content (AvgIpc) is 3.46. The topological polar surface area (TPSA) is 56.9 Å². The molecule has 0 spiro atoms. The third-order valence-electron chi connectivity index (χ3n) is 6.21. The molecule has 3 heterocycles. The van der Waals surface area contributed by atoms with Crippen LogP contribution in [0.3, 0.4) is 0 Å². The van der Waals surface area contributed by atoms with Crippen molar-refractivity contribution in [2.45, 2.75) is 25.5 Å². The van der Waals surface area contributed by atoms with E-state index in [1.165, 1.54) is 29.2 Å². The minimum atomic E-state index is -0.352. The highest BCUT2D eigenvalue weighted by atomic mass is 32.2. The van der Waals surface area contributed by atoms with Crippen molar-refractivity contribution in [3.63, 3.8) is 0 Å². The number of nitrogens with zero attached hydrogens (tertiary/aromatic N) is 3. The highest BCUT2D eigenvalue weighted by Gasteiger charge is 2.21. The van der Waals surface area contributed by atoms with Gasteiger partial charge in [-0.2, -0.15) is 0 Å². The van der Waals surface area contributed by atoms with E-state index < -0.39 is 0 Å². The molecule has 5 nitrogen and oxygen atoms in total. The van der Waals surface area contributed by atoms with Crippen molar-refractivity contribution >= 4 is 39.1 Å². The van der Waals surface area contributed by atoms with Gasteiger partial charge in [0.2, 0.25) is 0 Å². The summed E-state index contributed by atoms with van der Waals surface area (Å²) < 4.78 is 17.8. The quantitative estimate of drug-likeness (QED) is 0.0957. The lowest BCUT2D eigenvalue weighted by molar-refractivity contribution is 0.102. The Bertz CT molecular complexity index is 1700. The molecule has 186 valence electrons. The van der Waals surface area contributed by atoms with Crippen LogP contribution in [0.15, 0.2) is 88.6 Å². The molecular formula is C29H24FN3O2S2. The number of thioether (sulfide) groups is 1. The summed E-state index contributed by atoms with van der Waals surface area (Å²) in [6.07, 6.45) is 1.65. The summed E-state index contributed by atoms with van der Waals surface area (Å²) >= 11 is 2.64. The Kier molecular flexibility index (Phi) is 6.95. The molecule has 0 saturated heterocycles. The standard InChI is InChI=1S/C29H24FN3O2S2/c1-4-14-32-28(35)26-22(20-10-6-5-7-11-20)16-36-27(26)31-29(32)37-17-25(34)21-15-18(2)33(19(21)3)24-13-9-8-12-23(24)30/h4-13,15-16H,1,14,17H2,2-3H3. The molecule has 0 N–H and O–H groups in total. The number of para-hydroxylation sites is 1. The van der Waals surface area contributed by atoms with Gasteiger partial charge in [-0.25, -0.2) is 9.37 Å². The molecule has 0 aliphatic rings. The van der Waals surface area contributed by atoms with Crippen molar-refractivity contribution in [1.82, 2.24) is 14.1 Å². The number of halogens is 1. The number of thiophene rings is 1. The Morgan fingerprint density at radius 1 is 1.14 bits per heavy atom. The fourth-order valence-electron chi connectivity index (χ4n) is 4.49. The summed E-state index contributed by atoms with van der Waals surface area (Å²) in [5.41, 5.74) is 4.02. The van der Waals surface area contributed by atoms with Crippen LogP contribution >= 0.6 is 23.1 Å². The van der Waals surface area contributed by atoms with Crippen LogP contribution in [0.2, 0.25) is 0 Å². The van der Waals surface area contributed by atoms with Crippen LogP contribution in [0.25, 0.3) is 27.0 Å². The van der Waals surface area contributed by atoms with E-state index in [-0.39, 0.29) is 29.5 Å². The Balaban J connectivity index is 1.47. The van der Waals surface area contributed by atoms with Gasteiger partial charge in [0.25, 0.3) is 5.56 Å². The number of Topliss-reactive ketones (excluding diaryl/α,β-unsaturated/α-hetero) is 1. The largest absolute Gasteiger partial charge is 0.315 e. The first-order valence-electron chi connectivity index (χ1n) is 11.7. The summed E-state index contributed by atoms with van der Waals surface area (Å²) in [5, 5.41) is 2.99. The van der Waals surface area contributed by atoms with Crippen molar-refractivity contribution in [2.75, 3.05) is 5.75 Å². The molecule has 0 saturated carbocycles. The zero-order valence-corrected chi connectivity index (χ0v) is 22.0. The van der Waals surface area contributed by atoms with Gasteiger partial charge in [-0.15, -0.1) is 17.9 Å². The SMILES string of the molecule is C=CCn1c(SCC(=O)c2cc(C)n(-c3ccccc3F)c2C)nc2scc(-c3ccccc3)c2c1=O. The Hall–Kier alpha value is -3.75. The van der Waals surface area contributed by atoms with Gasteiger partial charge in [-0.1, -0.05) is 60.3 Å². The van der Waals surface area contributed by atoms with Crippen LogP contribution in [-0.4, -0.2) is 25.7 Å². The molecule has 37 heavy (non-hydrogen) atoms. The van der Waals surface area contributed by atoms with E-state index in [4.69, 9.17) is 4.98 Å². The summed E-state index contributed by atoms with van der Waals surface area (Å²) in [6.45, 7) is 7.74. The number of allylic oxidation sites excluding steroid dienone is 1. The number of benzene rings is 2. The lowest BCUT2D eigenvalue weighted by Crippen LogP contribution is -2.23. The summed E-state index contributed by atoms with van der Waals surface area (Å²) in [6, 6.07) is 18.0. The second-order valence-electron chi connectivity index (χ2n) is 8.58. The van der Waals surface area contributed by atoms with Gasteiger partial charge >= 0.3 is 0 Å². The van der Waals surface area contributed by atoms with Crippen LogP contribution < -0.4 is 5.56 Å². The van der Waals surface area contributed by atoms with Crippen molar-refractivity contribution in [1.29, 1.82) is 0 Å². The Labute approximate surface area is 221 Å². The van der Waals surface area contributed by atoms with Crippen molar-refractivity contribution in [2.24, 2.45) is 0 Å². The van der Waals surface area contributed by atoms with Crippen LogP contribution in [-0.2, 0) is 6.54 Å². The van der Waals surface area contributed by atoms with Crippen LogP contribution in [0.4, 0.5) is 4.39 Å². The number of rotatable bonds is 8. The number of fused-ring (bicyclic) bond motifs is 1. The maximum atomic E-state index is 14.5. The first-order chi connectivity index (χ1) is 17.9. The van der Waals surface area contributed by atoms with E-state index in [0.717, 1.165) is 16.8 Å². The molecule has 0 aliphatic heterocycles. The van der Waals surface area contributed by atoms with Crippen LogP contribution in [0.5, 0.6) is 0 Å². The fourth-order valence-corrected chi connectivity index (χ4v) is 6.37. The monoisotopic (exact) mass is 529 g/mol. The summed E-state index contributed by atoms with van der Waals surface area (Å²) in [7, 11) is 0. The van der Waals surface area contributed by atoms with Gasteiger partial charge in [0, 0.05) is 34.4 Å². The summed E-state index contributed by atoms with van der Waals surface area (Å²) in [4.78, 5) is 32.2. The van der Waals surface area contributed by atoms with Gasteiger partial charge in [-0.3, -0.25) is 14.2 Å². The molecule has 5 aromatic rings. The maximum Gasteiger partial charge on any atom is 0.263 e. The van der Waals surface area contributed by atoms with E-state index >= 15 is 0 Å². The van der Waals surface area contributed by atoms with Crippen molar-refractivity contribution in [3.05, 3.63) is 112 Å². The lowest BCUT2D eigenvalue weighted by atomic mass is 10.1. The minimum absolute atomic E-state index is 0.0908. The number of ketones is 1. The first-order valence-corrected chi connectivity index (χ1v) is 13.6. The highest BCUT2D eigenvalue weighted by Crippen LogP contribution is 2.32. The first kappa shape index (κ1) is 24.9.